The van der Waals surface area contributed by atoms with E-state index in [1.165, 1.54) is 33.2 Å². The summed E-state index contributed by atoms with van der Waals surface area (Å²) in [6, 6.07) is 27.1. The molecule has 0 fully saturated rings. The van der Waals surface area contributed by atoms with Crippen molar-refractivity contribution in [3.05, 3.63) is 106 Å². The Morgan fingerprint density at radius 3 is 2.17 bits per heavy atom. The van der Waals surface area contributed by atoms with Crippen LogP contribution in [0.15, 0.2) is 72.8 Å². The van der Waals surface area contributed by atoms with Gasteiger partial charge in [0.05, 0.1) is 10.9 Å². The molecule has 3 aromatic carbocycles. The van der Waals surface area contributed by atoms with Crippen molar-refractivity contribution >= 4 is 10.9 Å². The molecule has 2 nitrogen and oxygen atoms in total. The highest BCUT2D eigenvalue weighted by molar-refractivity contribution is 5.93. The summed E-state index contributed by atoms with van der Waals surface area (Å²) in [5.41, 5.74) is 10.1. The van der Waals surface area contributed by atoms with Gasteiger partial charge in [-0.15, -0.1) is 0 Å². The average Bonchev–Trinajstić information content (AvgIpc) is 3.25. The summed E-state index contributed by atoms with van der Waals surface area (Å²) >= 11 is 0. The summed E-state index contributed by atoms with van der Waals surface area (Å²) in [6.45, 7) is 5.45. The Kier molecular flexibility index (Phi) is 3.57. The van der Waals surface area contributed by atoms with E-state index >= 15 is 0 Å². The van der Waals surface area contributed by atoms with E-state index in [-0.39, 0.29) is 5.41 Å². The fourth-order valence-electron chi connectivity index (χ4n) is 5.79. The van der Waals surface area contributed by atoms with E-state index in [0.717, 1.165) is 26.1 Å². The van der Waals surface area contributed by atoms with Crippen LogP contribution in [0.25, 0.3) is 10.9 Å². The Hall–Kier alpha value is -2.84. The van der Waals surface area contributed by atoms with Gasteiger partial charge in [0.1, 0.15) is 0 Å². The second-order valence-corrected chi connectivity index (χ2v) is 8.85. The minimum atomic E-state index is -0.125. The molecule has 0 saturated heterocycles. The number of hydrogen-bond donors (Lipinski definition) is 0. The van der Waals surface area contributed by atoms with E-state index in [2.05, 4.69) is 96.2 Å². The molecule has 6 rings (SSSR count). The molecule has 0 atom stereocenters. The molecule has 0 saturated carbocycles. The monoisotopic (exact) mass is 378 g/mol. The average molecular weight is 379 g/mol. The Morgan fingerprint density at radius 1 is 0.862 bits per heavy atom. The number of aryl methyl sites for hydroxylation is 1. The number of nitrogens with zero attached hydrogens (tertiary/aromatic N) is 2. The van der Waals surface area contributed by atoms with Crippen molar-refractivity contribution in [2.24, 2.45) is 0 Å². The highest BCUT2D eigenvalue weighted by atomic mass is 15.1. The summed E-state index contributed by atoms with van der Waals surface area (Å²) in [6.07, 6.45) is 1.14. The van der Waals surface area contributed by atoms with Gasteiger partial charge in [-0.05, 0) is 42.3 Å². The SMILES string of the molecule is Cc1cc2c3c(c1)c1c(n3CC2(c2ccccc2)c2ccccc2)CCN(C)C1. The van der Waals surface area contributed by atoms with Crippen molar-refractivity contribution in [3.8, 4) is 0 Å². The van der Waals surface area contributed by atoms with E-state index < -0.39 is 0 Å². The van der Waals surface area contributed by atoms with Gasteiger partial charge in [-0.3, -0.25) is 0 Å². The highest BCUT2D eigenvalue weighted by Gasteiger charge is 2.45. The summed E-state index contributed by atoms with van der Waals surface area (Å²) in [5.74, 6) is 0. The minimum Gasteiger partial charge on any atom is -0.342 e. The van der Waals surface area contributed by atoms with Gasteiger partial charge in [-0.2, -0.15) is 0 Å². The van der Waals surface area contributed by atoms with Crippen LogP contribution in [0, 0.1) is 6.92 Å². The van der Waals surface area contributed by atoms with Gasteiger partial charge in [-0.1, -0.05) is 72.3 Å². The molecule has 0 aliphatic carbocycles. The Balaban J connectivity index is 1.72. The lowest BCUT2D eigenvalue weighted by Gasteiger charge is -2.33. The Morgan fingerprint density at radius 2 is 1.52 bits per heavy atom. The molecule has 0 radical (unpaired) electrons. The van der Waals surface area contributed by atoms with Crippen molar-refractivity contribution in [3.63, 3.8) is 0 Å². The molecule has 3 heterocycles. The van der Waals surface area contributed by atoms with Crippen molar-refractivity contribution in [1.29, 1.82) is 0 Å². The van der Waals surface area contributed by atoms with Crippen LogP contribution in [0.5, 0.6) is 0 Å². The lowest BCUT2D eigenvalue weighted by molar-refractivity contribution is 0.308. The molecular weight excluding hydrogens is 352 g/mol. The topological polar surface area (TPSA) is 8.17 Å². The number of fused-ring (bicyclic) bond motifs is 3. The van der Waals surface area contributed by atoms with E-state index in [9.17, 15) is 0 Å². The first-order chi connectivity index (χ1) is 14.2. The second-order valence-electron chi connectivity index (χ2n) is 8.85. The molecule has 0 bridgehead atoms. The summed E-state index contributed by atoms with van der Waals surface area (Å²) in [7, 11) is 2.24. The Bertz CT molecular complexity index is 1180. The lowest BCUT2D eigenvalue weighted by Crippen LogP contribution is -2.32. The lowest BCUT2D eigenvalue weighted by atomic mass is 9.70. The van der Waals surface area contributed by atoms with E-state index in [4.69, 9.17) is 0 Å². The largest absolute Gasteiger partial charge is 0.342 e. The molecule has 2 aliphatic heterocycles. The molecule has 2 aliphatic rings. The van der Waals surface area contributed by atoms with Gasteiger partial charge < -0.3 is 9.47 Å². The molecule has 144 valence electrons. The van der Waals surface area contributed by atoms with Crippen molar-refractivity contribution < 1.29 is 0 Å². The molecule has 0 amide bonds. The van der Waals surface area contributed by atoms with E-state index in [1.54, 1.807) is 11.3 Å². The fraction of sp³-hybridized carbons (Fsp3) is 0.259. The number of hydrogen-bond acceptors (Lipinski definition) is 1. The molecule has 0 spiro atoms. The third-order valence-corrected chi connectivity index (χ3v) is 7.07. The first kappa shape index (κ1) is 17.1. The normalized spacial score (nSPS) is 17.6. The summed E-state index contributed by atoms with van der Waals surface area (Å²) in [5, 5.41) is 1.47. The molecule has 0 unspecified atom stereocenters. The van der Waals surface area contributed by atoms with Gasteiger partial charge in [0, 0.05) is 37.1 Å². The summed E-state index contributed by atoms with van der Waals surface area (Å²) < 4.78 is 2.66. The first-order valence-electron chi connectivity index (χ1n) is 10.6. The minimum absolute atomic E-state index is 0.125. The van der Waals surface area contributed by atoms with Gasteiger partial charge in [0.15, 0.2) is 0 Å². The smallest absolute Gasteiger partial charge is 0.0651 e. The van der Waals surface area contributed by atoms with Gasteiger partial charge >= 0.3 is 0 Å². The van der Waals surface area contributed by atoms with Crippen LogP contribution in [-0.4, -0.2) is 23.1 Å². The maximum Gasteiger partial charge on any atom is 0.0651 e. The van der Waals surface area contributed by atoms with Gasteiger partial charge in [-0.25, -0.2) is 0 Å². The van der Waals surface area contributed by atoms with Crippen molar-refractivity contribution in [1.82, 2.24) is 9.47 Å². The molecule has 2 heteroatoms. The van der Waals surface area contributed by atoms with Crippen LogP contribution in [0.3, 0.4) is 0 Å². The first-order valence-corrected chi connectivity index (χ1v) is 10.6. The second kappa shape index (κ2) is 6.08. The fourth-order valence-corrected chi connectivity index (χ4v) is 5.79. The van der Waals surface area contributed by atoms with Crippen LogP contribution in [0.4, 0.5) is 0 Å². The quantitative estimate of drug-likeness (QED) is 0.460. The standard InChI is InChI=1S/C27H26N2/c1-19-15-22-23-17-28(2)14-13-25(23)29-18-27(24(16-19)26(22)29,20-9-5-3-6-10-20)21-11-7-4-8-12-21/h3-12,15-16H,13-14,17-18H2,1-2H3. The maximum absolute atomic E-state index is 2.66. The Labute approximate surface area is 172 Å². The van der Waals surface area contributed by atoms with Crippen molar-refractivity contribution in [2.75, 3.05) is 13.6 Å². The highest BCUT2D eigenvalue weighted by Crippen LogP contribution is 2.51. The zero-order valence-electron chi connectivity index (χ0n) is 17.2. The zero-order chi connectivity index (χ0) is 19.6. The van der Waals surface area contributed by atoms with E-state index in [0.29, 0.717) is 0 Å². The van der Waals surface area contributed by atoms with Crippen LogP contribution in [0.2, 0.25) is 0 Å². The molecular formula is C27H26N2. The third-order valence-electron chi connectivity index (χ3n) is 7.07. The molecule has 1 aromatic heterocycles. The summed E-state index contributed by atoms with van der Waals surface area (Å²) in [4.78, 5) is 2.46. The predicted octanol–water partition coefficient (Wildman–Crippen LogP) is 5.29. The van der Waals surface area contributed by atoms with E-state index in [1.807, 2.05) is 0 Å². The third kappa shape index (κ3) is 2.27. The van der Waals surface area contributed by atoms with Gasteiger partial charge in [0.25, 0.3) is 0 Å². The molecule has 0 N–H and O–H groups in total. The molecule has 29 heavy (non-hydrogen) atoms. The van der Waals surface area contributed by atoms with Crippen LogP contribution in [-0.2, 0) is 24.9 Å². The predicted molar refractivity (Wildman–Crippen MR) is 119 cm³/mol. The molecule has 4 aromatic rings. The zero-order valence-corrected chi connectivity index (χ0v) is 17.2. The van der Waals surface area contributed by atoms with Crippen LogP contribution in [0.1, 0.15) is 33.5 Å². The number of rotatable bonds is 2. The maximum atomic E-state index is 2.66. The van der Waals surface area contributed by atoms with Crippen molar-refractivity contribution in [2.45, 2.75) is 31.8 Å². The van der Waals surface area contributed by atoms with Crippen LogP contribution >= 0.6 is 0 Å². The van der Waals surface area contributed by atoms with Crippen LogP contribution < -0.4 is 0 Å². The number of aromatic nitrogens is 1. The van der Waals surface area contributed by atoms with Gasteiger partial charge in [0.2, 0.25) is 0 Å². The number of benzene rings is 3. The number of likely N-dealkylation sites (N-methyl/N-ethyl adjacent to an activating group) is 1.